The van der Waals surface area contributed by atoms with Crippen LogP contribution in [0.3, 0.4) is 0 Å². The molecule has 2 unspecified atom stereocenters. The van der Waals surface area contributed by atoms with Crippen molar-refractivity contribution in [2.24, 2.45) is 23.2 Å². The number of ketones is 1. The smallest absolute Gasteiger partial charge is 0.408 e. The molecular formula is C35H57N5O7. The largest absolute Gasteiger partial charge is 0.444 e. The van der Waals surface area contributed by atoms with Crippen molar-refractivity contribution in [2.45, 2.75) is 148 Å². The molecule has 1 saturated heterocycles. The van der Waals surface area contributed by atoms with Gasteiger partial charge in [-0.25, -0.2) is 4.79 Å². The number of nitrogens with one attached hydrogen (secondary N) is 4. The molecule has 4 fully saturated rings. The van der Waals surface area contributed by atoms with Gasteiger partial charge in [0.05, 0.1) is 12.6 Å². The molecule has 4 rings (SSSR count). The van der Waals surface area contributed by atoms with Crippen LogP contribution in [0.15, 0.2) is 0 Å². The van der Waals surface area contributed by atoms with E-state index in [1.165, 1.54) is 0 Å². The molecule has 0 radical (unpaired) electrons. The van der Waals surface area contributed by atoms with Gasteiger partial charge < -0.3 is 30.9 Å². The molecular weight excluding hydrogens is 602 g/mol. The Morgan fingerprint density at radius 2 is 1.51 bits per heavy atom. The summed E-state index contributed by atoms with van der Waals surface area (Å²) in [4.78, 5) is 81.3. The Morgan fingerprint density at radius 3 is 2.11 bits per heavy atom. The number of Topliss-reactive ketones (excluding diaryl/α,β-unsaturated/α-hetero) is 1. The number of alkyl carbamates (subject to hydrolysis) is 1. The minimum Gasteiger partial charge on any atom is -0.444 e. The molecule has 5 atom stereocenters. The fraction of sp³-hybridized carbons (Fsp3) is 0.829. The second-order valence-corrected chi connectivity index (χ2v) is 15.7. The lowest BCUT2D eigenvalue weighted by atomic mass is 9.83. The van der Waals surface area contributed by atoms with Gasteiger partial charge in [-0.1, -0.05) is 65.7 Å². The number of amides is 5. The van der Waals surface area contributed by atoms with Crippen LogP contribution in [0.1, 0.15) is 119 Å². The van der Waals surface area contributed by atoms with Crippen LogP contribution >= 0.6 is 0 Å². The summed E-state index contributed by atoms with van der Waals surface area (Å²) in [5.74, 6) is -2.98. The monoisotopic (exact) mass is 659 g/mol. The van der Waals surface area contributed by atoms with E-state index in [4.69, 9.17) is 4.74 Å². The van der Waals surface area contributed by atoms with Gasteiger partial charge in [-0.15, -0.1) is 0 Å². The van der Waals surface area contributed by atoms with Gasteiger partial charge in [0.15, 0.2) is 0 Å². The van der Waals surface area contributed by atoms with Crippen molar-refractivity contribution in [1.82, 2.24) is 26.2 Å². The van der Waals surface area contributed by atoms with Crippen LogP contribution in [-0.2, 0) is 28.7 Å². The molecule has 4 N–H and O–H groups in total. The van der Waals surface area contributed by atoms with Crippen LogP contribution < -0.4 is 21.3 Å². The van der Waals surface area contributed by atoms with Gasteiger partial charge in [0.25, 0.3) is 5.91 Å². The Labute approximate surface area is 279 Å². The fourth-order valence-corrected chi connectivity index (χ4v) is 8.02. The summed E-state index contributed by atoms with van der Waals surface area (Å²) >= 11 is 0. The minimum absolute atomic E-state index is 0.0779. The molecule has 1 heterocycles. The zero-order valence-corrected chi connectivity index (χ0v) is 29.2. The van der Waals surface area contributed by atoms with E-state index < -0.39 is 47.4 Å². The molecule has 4 aliphatic rings. The molecule has 12 heteroatoms. The number of piperidine rings is 1. The Balaban J connectivity index is 1.44. The predicted molar refractivity (Wildman–Crippen MR) is 176 cm³/mol. The molecule has 1 aliphatic heterocycles. The summed E-state index contributed by atoms with van der Waals surface area (Å²) in [5.41, 5.74) is -0.913. The third-order valence-electron chi connectivity index (χ3n) is 10.6. The van der Waals surface area contributed by atoms with Crippen LogP contribution in [0.4, 0.5) is 4.79 Å². The number of carbonyl (C=O) groups excluding carboxylic acids is 6. The van der Waals surface area contributed by atoms with Crippen molar-refractivity contribution in [3.8, 4) is 0 Å². The number of fused-ring (bicyclic) bond motifs is 1. The molecule has 3 aliphatic carbocycles. The van der Waals surface area contributed by atoms with E-state index in [0.29, 0.717) is 13.0 Å². The van der Waals surface area contributed by atoms with Gasteiger partial charge in [-0.3, -0.25) is 24.0 Å². The van der Waals surface area contributed by atoms with Crippen LogP contribution in [0.25, 0.3) is 0 Å². The zero-order valence-electron chi connectivity index (χ0n) is 29.2. The summed E-state index contributed by atoms with van der Waals surface area (Å²) in [6, 6.07) is -2.69. The lowest BCUT2D eigenvalue weighted by Crippen LogP contribution is -2.60. The molecule has 0 spiro atoms. The van der Waals surface area contributed by atoms with Gasteiger partial charge in [-0.2, -0.15) is 0 Å². The van der Waals surface area contributed by atoms with Crippen LogP contribution in [0.2, 0.25) is 0 Å². The maximum absolute atomic E-state index is 14.3. The quantitative estimate of drug-likeness (QED) is 0.234. The minimum atomic E-state index is -1.10. The highest BCUT2D eigenvalue weighted by Crippen LogP contribution is 2.65. The van der Waals surface area contributed by atoms with E-state index >= 15 is 0 Å². The summed E-state index contributed by atoms with van der Waals surface area (Å²) in [6.07, 6.45) is 9.72. The molecule has 12 nitrogen and oxygen atoms in total. The number of carbonyl (C=O) groups is 6. The van der Waals surface area contributed by atoms with Gasteiger partial charge in [-0.05, 0) is 76.0 Å². The van der Waals surface area contributed by atoms with Gasteiger partial charge in [0, 0.05) is 12.6 Å². The topological polar surface area (TPSA) is 163 Å². The maximum atomic E-state index is 14.3. The third kappa shape index (κ3) is 9.25. The molecule has 264 valence electrons. The summed E-state index contributed by atoms with van der Waals surface area (Å²) < 4.78 is 5.51. The summed E-state index contributed by atoms with van der Waals surface area (Å²) in [5, 5.41) is 11.0. The Hall–Kier alpha value is -3.18. The lowest BCUT2D eigenvalue weighted by molar-refractivity contribution is -0.145. The highest BCUT2D eigenvalue weighted by Gasteiger charge is 2.69. The average molecular weight is 660 g/mol. The molecule has 0 aromatic carbocycles. The number of hydrogen-bond donors (Lipinski definition) is 4. The van der Waals surface area contributed by atoms with Crippen LogP contribution in [0, 0.1) is 23.2 Å². The van der Waals surface area contributed by atoms with Crippen molar-refractivity contribution < 1.29 is 33.5 Å². The summed E-state index contributed by atoms with van der Waals surface area (Å²) in [7, 11) is 0. The van der Waals surface area contributed by atoms with Crippen molar-refractivity contribution in [3.63, 3.8) is 0 Å². The van der Waals surface area contributed by atoms with Crippen molar-refractivity contribution >= 4 is 35.5 Å². The van der Waals surface area contributed by atoms with E-state index in [1.54, 1.807) is 25.7 Å². The van der Waals surface area contributed by atoms with Crippen LogP contribution in [-0.4, -0.2) is 83.3 Å². The van der Waals surface area contributed by atoms with E-state index in [1.807, 2.05) is 6.92 Å². The Morgan fingerprint density at radius 1 is 0.894 bits per heavy atom. The highest BCUT2D eigenvalue weighted by atomic mass is 16.6. The molecule has 5 amide bonds. The predicted octanol–water partition coefficient (Wildman–Crippen LogP) is 3.36. The number of hydrogen-bond acceptors (Lipinski definition) is 7. The number of likely N-dealkylation sites (tertiary alicyclic amines) is 1. The van der Waals surface area contributed by atoms with E-state index in [9.17, 15) is 28.8 Å². The van der Waals surface area contributed by atoms with E-state index in [0.717, 1.165) is 64.2 Å². The van der Waals surface area contributed by atoms with Crippen molar-refractivity contribution in [3.05, 3.63) is 0 Å². The van der Waals surface area contributed by atoms with Gasteiger partial charge in [0.2, 0.25) is 23.5 Å². The Bertz CT molecular complexity index is 1190. The lowest BCUT2D eigenvalue weighted by Gasteiger charge is -2.37. The average Bonchev–Trinajstić information content (AvgIpc) is 3.33. The second kappa shape index (κ2) is 15.4. The maximum Gasteiger partial charge on any atom is 0.408 e. The SMILES string of the molecule is CCCC(NC(=O)[C@@H]1[C@@H]2[C@H](CN1C(=O)C(NC(=O)OC(C)(C)C)C1CCCCC1)C2(C)C)C(=O)C(=O)NCC(=O)NC1CCCCC1. The number of nitrogens with zero attached hydrogens (tertiary/aromatic N) is 1. The first-order valence-electron chi connectivity index (χ1n) is 17.9. The Kier molecular flexibility index (Phi) is 12.0. The van der Waals surface area contributed by atoms with Crippen molar-refractivity contribution in [1.29, 1.82) is 0 Å². The first kappa shape index (κ1) is 36.7. The third-order valence-corrected chi connectivity index (χ3v) is 10.6. The first-order chi connectivity index (χ1) is 22.1. The normalized spacial score (nSPS) is 25.5. The van der Waals surface area contributed by atoms with Crippen LogP contribution in [0.5, 0.6) is 0 Å². The molecule has 47 heavy (non-hydrogen) atoms. The first-order valence-corrected chi connectivity index (χ1v) is 17.9. The molecule has 0 aromatic rings. The zero-order chi connectivity index (χ0) is 34.5. The van der Waals surface area contributed by atoms with E-state index in [-0.39, 0.29) is 54.0 Å². The number of rotatable bonds is 12. The standard InChI is InChI=1S/C35H57N5O7/c1-7-14-24(29(42)31(44)36-19-25(41)37-22-17-12-9-13-18-22)38-30(43)28-26-23(35(26,5)6)20-40(28)32(45)27(21-15-10-8-11-16-21)39-33(46)47-34(2,3)4/h21-24,26-28H,7-20H2,1-6H3,(H,36,44)(H,37,41)(H,38,43)(H,39,46)/t23-,24?,26-,27?,28-/m0/s1. The van der Waals surface area contributed by atoms with Gasteiger partial charge >= 0.3 is 6.09 Å². The highest BCUT2D eigenvalue weighted by molar-refractivity contribution is 6.38. The molecule has 3 saturated carbocycles. The van der Waals surface area contributed by atoms with Gasteiger partial charge in [0.1, 0.15) is 17.7 Å². The molecule has 0 aromatic heterocycles. The summed E-state index contributed by atoms with van der Waals surface area (Å²) in [6.45, 7) is 11.3. The number of ether oxygens (including phenoxy) is 1. The van der Waals surface area contributed by atoms with E-state index in [2.05, 4.69) is 35.1 Å². The fourth-order valence-electron chi connectivity index (χ4n) is 8.02. The molecule has 0 bridgehead atoms. The second-order valence-electron chi connectivity index (χ2n) is 15.7. The van der Waals surface area contributed by atoms with Crippen molar-refractivity contribution in [2.75, 3.05) is 13.1 Å².